The summed E-state index contributed by atoms with van der Waals surface area (Å²) in [6.07, 6.45) is 0. The predicted molar refractivity (Wildman–Crippen MR) is 86.3 cm³/mol. The lowest BCUT2D eigenvalue weighted by Crippen LogP contribution is -2.28. The number of rotatable bonds is 8. The van der Waals surface area contributed by atoms with Crippen LogP contribution in [0.5, 0.6) is 0 Å². The summed E-state index contributed by atoms with van der Waals surface area (Å²) >= 11 is 1.48. The first-order chi connectivity index (χ1) is 10.1. The number of anilines is 1. The number of carbonyl (C=O) groups excluding carboxylic acids is 2. The number of hydrogen-bond acceptors (Lipinski definition) is 5. The molecule has 21 heavy (non-hydrogen) atoms. The molecule has 0 aliphatic heterocycles. The van der Waals surface area contributed by atoms with Gasteiger partial charge < -0.3 is 15.4 Å². The normalized spacial score (nSPS) is 11.8. The lowest BCUT2D eigenvalue weighted by molar-refractivity contribution is -0.137. The van der Waals surface area contributed by atoms with Gasteiger partial charge in [-0.3, -0.25) is 9.59 Å². The van der Waals surface area contributed by atoms with Gasteiger partial charge in [0.25, 0.3) is 0 Å². The maximum Gasteiger partial charge on any atom is 0.315 e. The van der Waals surface area contributed by atoms with Crippen molar-refractivity contribution in [2.75, 3.05) is 31.8 Å². The minimum atomic E-state index is -0.231. The molecule has 1 aromatic carbocycles. The van der Waals surface area contributed by atoms with E-state index in [0.29, 0.717) is 18.1 Å². The van der Waals surface area contributed by atoms with Gasteiger partial charge in [-0.1, -0.05) is 19.1 Å². The van der Waals surface area contributed by atoms with E-state index in [1.807, 2.05) is 38.2 Å². The van der Waals surface area contributed by atoms with E-state index in [-0.39, 0.29) is 17.8 Å². The van der Waals surface area contributed by atoms with E-state index in [0.717, 1.165) is 11.3 Å². The minimum absolute atomic E-state index is 0.0105. The summed E-state index contributed by atoms with van der Waals surface area (Å²) in [4.78, 5) is 23.0. The van der Waals surface area contributed by atoms with E-state index in [9.17, 15) is 9.59 Å². The number of benzene rings is 1. The number of hydrogen-bond donors (Lipinski definition) is 2. The Morgan fingerprint density at radius 3 is 2.81 bits per heavy atom. The third-order valence-electron chi connectivity index (χ3n) is 2.87. The summed E-state index contributed by atoms with van der Waals surface area (Å²) in [5.74, 6) is 0.693. The molecule has 1 amide bonds. The molecule has 0 aliphatic carbocycles. The molecule has 0 aliphatic rings. The first kappa shape index (κ1) is 17.5. The fourth-order valence-electron chi connectivity index (χ4n) is 1.71. The van der Waals surface area contributed by atoms with Crippen molar-refractivity contribution in [2.24, 2.45) is 5.92 Å². The number of carbonyl (C=O) groups is 2. The van der Waals surface area contributed by atoms with Gasteiger partial charge in [-0.25, -0.2) is 0 Å². The van der Waals surface area contributed by atoms with E-state index in [1.165, 1.54) is 18.9 Å². The zero-order chi connectivity index (χ0) is 15.7. The molecule has 1 atom stereocenters. The molecule has 0 bridgehead atoms. The average molecular weight is 310 g/mol. The van der Waals surface area contributed by atoms with Gasteiger partial charge in [0.05, 0.1) is 12.9 Å². The smallest absolute Gasteiger partial charge is 0.315 e. The zero-order valence-corrected chi connectivity index (χ0v) is 13.5. The highest BCUT2D eigenvalue weighted by atomic mass is 32.2. The number of thioether (sulfide) groups is 1. The van der Waals surface area contributed by atoms with Gasteiger partial charge in [0.1, 0.15) is 0 Å². The van der Waals surface area contributed by atoms with E-state index in [2.05, 4.69) is 15.4 Å². The van der Waals surface area contributed by atoms with Crippen molar-refractivity contribution in [3.8, 4) is 0 Å². The second kappa shape index (κ2) is 9.41. The molecule has 5 nitrogen and oxygen atoms in total. The summed E-state index contributed by atoms with van der Waals surface area (Å²) in [7, 11) is 3.20. The Kier molecular flexibility index (Phi) is 7.85. The highest BCUT2D eigenvalue weighted by molar-refractivity contribution is 7.99. The molecule has 1 aromatic rings. The second-order valence-corrected chi connectivity index (χ2v) is 5.70. The van der Waals surface area contributed by atoms with E-state index in [1.54, 1.807) is 0 Å². The number of methoxy groups -OCH3 is 1. The van der Waals surface area contributed by atoms with Crippen molar-refractivity contribution in [2.45, 2.75) is 12.7 Å². The van der Waals surface area contributed by atoms with Crippen LogP contribution in [-0.4, -0.2) is 38.3 Å². The molecule has 116 valence electrons. The summed E-state index contributed by atoms with van der Waals surface area (Å²) in [5.41, 5.74) is 1.84. The maximum absolute atomic E-state index is 11.9. The molecule has 0 saturated carbocycles. The molecule has 1 unspecified atom stereocenters. The monoisotopic (exact) mass is 310 g/mol. The molecule has 0 radical (unpaired) electrons. The number of esters is 1. The fourth-order valence-corrected chi connectivity index (χ4v) is 2.52. The number of amides is 1. The van der Waals surface area contributed by atoms with Crippen LogP contribution in [0.25, 0.3) is 0 Å². The van der Waals surface area contributed by atoms with Gasteiger partial charge in [0, 0.05) is 23.9 Å². The maximum atomic E-state index is 11.9. The molecule has 2 N–H and O–H groups in total. The highest BCUT2D eigenvalue weighted by Crippen LogP contribution is 2.17. The van der Waals surface area contributed by atoms with Gasteiger partial charge in [-0.05, 0) is 24.7 Å². The molecule has 0 saturated heterocycles. The van der Waals surface area contributed by atoms with Crippen LogP contribution in [-0.2, 0) is 20.1 Å². The zero-order valence-electron chi connectivity index (χ0n) is 12.6. The molecule has 0 heterocycles. The SMILES string of the molecule is CNCC(C)C(=O)Nc1cccc(CSCC(=O)OC)c1. The van der Waals surface area contributed by atoms with Crippen molar-refractivity contribution >= 4 is 29.3 Å². The van der Waals surface area contributed by atoms with Crippen LogP contribution < -0.4 is 10.6 Å². The Labute approximate surface area is 129 Å². The number of nitrogens with one attached hydrogen (secondary N) is 2. The summed E-state index contributed by atoms with van der Waals surface area (Å²) in [6, 6.07) is 7.65. The minimum Gasteiger partial charge on any atom is -0.468 e. The van der Waals surface area contributed by atoms with Crippen molar-refractivity contribution in [3.63, 3.8) is 0 Å². The van der Waals surface area contributed by atoms with Gasteiger partial charge in [-0.15, -0.1) is 11.8 Å². The molecular weight excluding hydrogens is 288 g/mol. The van der Waals surface area contributed by atoms with E-state index >= 15 is 0 Å². The van der Waals surface area contributed by atoms with Crippen LogP contribution in [0.4, 0.5) is 5.69 Å². The standard InChI is InChI=1S/C15H22N2O3S/c1-11(8-16-2)15(19)17-13-6-4-5-12(7-13)9-21-10-14(18)20-3/h4-7,11,16H,8-10H2,1-3H3,(H,17,19). The topological polar surface area (TPSA) is 67.4 Å². The van der Waals surface area contributed by atoms with Crippen molar-refractivity contribution in [1.29, 1.82) is 0 Å². The van der Waals surface area contributed by atoms with Gasteiger partial charge in [-0.2, -0.15) is 0 Å². The third-order valence-corrected chi connectivity index (χ3v) is 3.85. The van der Waals surface area contributed by atoms with Crippen molar-refractivity contribution in [1.82, 2.24) is 5.32 Å². The molecular formula is C15H22N2O3S. The van der Waals surface area contributed by atoms with Crippen LogP contribution in [0.3, 0.4) is 0 Å². The third kappa shape index (κ3) is 6.64. The molecule has 6 heteroatoms. The quantitative estimate of drug-likeness (QED) is 0.718. The van der Waals surface area contributed by atoms with Gasteiger partial charge in [0.15, 0.2) is 0 Å². The van der Waals surface area contributed by atoms with Crippen molar-refractivity contribution in [3.05, 3.63) is 29.8 Å². The summed E-state index contributed by atoms with van der Waals surface area (Å²) in [5, 5.41) is 5.88. The second-order valence-electron chi connectivity index (χ2n) is 4.72. The fraction of sp³-hybridized carbons (Fsp3) is 0.467. The molecule has 0 fully saturated rings. The Morgan fingerprint density at radius 1 is 1.38 bits per heavy atom. The lowest BCUT2D eigenvalue weighted by atomic mass is 10.1. The Bertz CT molecular complexity index is 480. The van der Waals surface area contributed by atoms with Crippen LogP contribution in [0.1, 0.15) is 12.5 Å². The van der Waals surface area contributed by atoms with E-state index in [4.69, 9.17) is 0 Å². The Hall–Kier alpha value is -1.53. The summed E-state index contributed by atoms with van der Waals surface area (Å²) < 4.78 is 4.59. The van der Waals surface area contributed by atoms with Crippen LogP contribution >= 0.6 is 11.8 Å². The Morgan fingerprint density at radius 2 is 2.14 bits per heavy atom. The molecule has 0 aromatic heterocycles. The van der Waals surface area contributed by atoms with Crippen LogP contribution in [0.2, 0.25) is 0 Å². The average Bonchev–Trinajstić information content (AvgIpc) is 2.47. The highest BCUT2D eigenvalue weighted by Gasteiger charge is 2.12. The molecule has 1 rings (SSSR count). The summed E-state index contributed by atoms with van der Waals surface area (Å²) in [6.45, 7) is 2.52. The van der Waals surface area contributed by atoms with Crippen LogP contribution in [0.15, 0.2) is 24.3 Å². The lowest BCUT2D eigenvalue weighted by Gasteiger charge is -2.12. The largest absolute Gasteiger partial charge is 0.468 e. The van der Waals surface area contributed by atoms with E-state index < -0.39 is 0 Å². The van der Waals surface area contributed by atoms with Gasteiger partial charge in [0.2, 0.25) is 5.91 Å². The molecule has 0 spiro atoms. The van der Waals surface area contributed by atoms with Crippen LogP contribution in [0, 0.1) is 5.92 Å². The predicted octanol–water partition coefficient (Wildman–Crippen LogP) is 1.89. The van der Waals surface area contributed by atoms with Gasteiger partial charge >= 0.3 is 5.97 Å². The first-order valence-electron chi connectivity index (χ1n) is 6.75. The van der Waals surface area contributed by atoms with Crippen molar-refractivity contribution < 1.29 is 14.3 Å². The number of ether oxygens (including phenoxy) is 1. The Balaban J connectivity index is 2.52. The first-order valence-corrected chi connectivity index (χ1v) is 7.91.